The van der Waals surface area contributed by atoms with Crippen LogP contribution >= 0.6 is 23.2 Å². The molecule has 0 unspecified atom stereocenters. The normalized spacial score (nSPS) is 10.7. The number of hydrogen-bond donors (Lipinski definition) is 1. The third kappa shape index (κ3) is 7.56. The summed E-state index contributed by atoms with van der Waals surface area (Å²) in [5.41, 5.74) is 4.93. The second-order valence-electron chi connectivity index (χ2n) is 5.83. The third-order valence-electron chi connectivity index (χ3n) is 3.90. The molecule has 0 spiro atoms. The van der Waals surface area contributed by atoms with Crippen LogP contribution in [0.25, 0.3) is 0 Å². The lowest BCUT2D eigenvalue weighted by atomic mass is 10.0. The fourth-order valence-electron chi connectivity index (χ4n) is 2.79. The summed E-state index contributed by atoms with van der Waals surface area (Å²) in [4.78, 5) is 8.75. The first-order chi connectivity index (χ1) is 12.9. The third-order valence-corrected chi connectivity index (χ3v) is 4.34. The molecular weight excluding hydrogens is 395 g/mol. The van der Waals surface area contributed by atoms with E-state index in [1.165, 1.54) is 17.0 Å². The Kier molecular flexibility index (Phi) is 10.5. The van der Waals surface area contributed by atoms with Crippen molar-refractivity contribution in [2.75, 3.05) is 13.6 Å². The molecule has 2 rings (SSSR count). The molecule has 1 aromatic carbocycles. The SMILES string of the molecule is CCc1nn(CCNC)c(CC)c1Cc1cc(Cl)cc(Cl)c1.O=CC(F)F. The van der Waals surface area contributed by atoms with E-state index in [1.807, 2.05) is 19.2 Å². The summed E-state index contributed by atoms with van der Waals surface area (Å²) < 4.78 is 22.9. The van der Waals surface area contributed by atoms with Crippen molar-refractivity contribution in [1.82, 2.24) is 15.1 Å². The van der Waals surface area contributed by atoms with Gasteiger partial charge in [0.2, 0.25) is 0 Å². The van der Waals surface area contributed by atoms with E-state index >= 15 is 0 Å². The van der Waals surface area contributed by atoms with Crippen molar-refractivity contribution in [1.29, 1.82) is 0 Å². The zero-order chi connectivity index (χ0) is 20.4. The number of carbonyl (C=O) groups excluding carboxylic acids is 1. The smallest absolute Gasteiger partial charge is 0.293 e. The predicted molar refractivity (Wildman–Crippen MR) is 106 cm³/mol. The molecule has 2 aromatic rings. The van der Waals surface area contributed by atoms with Gasteiger partial charge in [0.1, 0.15) is 0 Å². The molecule has 0 aliphatic carbocycles. The van der Waals surface area contributed by atoms with Crippen LogP contribution in [0.1, 0.15) is 36.4 Å². The van der Waals surface area contributed by atoms with E-state index in [1.54, 1.807) is 6.07 Å². The number of aryl methyl sites for hydroxylation is 1. The molecular formula is C19H25Cl2F2N3O. The number of nitrogens with one attached hydrogen (secondary N) is 1. The average molecular weight is 420 g/mol. The molecule has 150 valence electrons. The van der Waals surface area contributed by atoms with Crippen LogP contribution in [-0.2, 0) is 30.6 Å². The number of alkyl halides is 2. The van der Waals surface area contributed by atoms with E-state index in [9.17, 15) is 8.78 Å². The molecule has 0 aliphatic heterocycles. The number of halogens is 4. The van der Waals surface area contributed by atoms with Crippen LogP contribution in [0.5, 0.6) is 0 Å². The van der Waals surface area contributed by atoms with Crippen LogP contribution < -0.4 is 5.32 Å². The molecule has 0 bridgehead atoms. The molecule has 8 heteroatoms. The van der Waals surface area contributed by atoms with Gasteiger partial charge in [-0.2, -0.15) is 5.10 Å². The highest BCUT2D eigenvalue weighted by Gasteiger charge is 2.16. The van der Waals surface area contributed by atoms with Crippen LogP contribution in [0.4, 0.5) is 8.78 Å². The fraction of sp³-hybridized carbons (Fsp3) is 0.474. The largest absolute Gasteiger partial charge is 0.318 e. The first kappa shape index (κ1) is 23.5. The Balaban J connectivity index is 0.000000646. The Bertz CT molecular complexity index is 716. The minimum atomic E-state index is -2.80. The lowest BCUT2D eigenvalue weighted by molar-refractivity contribution is -0.116. The van der Waals surface area contributed by atoms with Crippen LogP contribution in [0, 0.1) is 0 Å². The molecule has 27 heavy (non-hydrogen) atoms. The molecule has 0 radical (unpaired) electrons. The van der Waals surface area contributed by atoms with E-state index in [-0.39, 0.29) is 0 Å². The minimum Gasteiger partial charge on any atom is -0.318 e. The van der Waals surface area contributed by atoms with Gasteiger partial charge in [-0.3, -0.25) is 9.48 Å². The van der Waals surface area contributed by atoms with Crippen LogP contribution in [0.15, 0.2) is 18.2 Å². The Morgan fingerprint density at radius 1 is 1.19 bits per heavy atom. The average Bonchev–Trinajstić information content (AvgIpc) is 2.95. The van der Waals surface area contributed by atoms with Gasteiger partial charge in [-0.25, -0.2) is 8.78 Å². The Morgan fingerprint density at radius 3 is 2.22 bits per heavy atom. The maximum absolute atomic E-state index is 10.4. The first-order valence-corrected chi connectivity index (χ1v) is 9.52. The molecule has 0 fully saturated rings. The summed E-state index contributed by atoms with van der Waals surface area (Å²) in [6, 6.07) is 5.74. The molecule has 4 nitrogen and oxygen atoms in total. The highest BCUT2D eigenvalue weighted by atomic mass is 35.5. The van der Waals surface area contributed by atoms with E-state index in [0.717, 1.165) is 37.9 Å². The second kappa shape index (κ2) is 12.1. The van der Waals surface area contributed by atoms with Crippen molar-refractivity contribution >= 4 is 29.5 Å². The van der Waals surface area contributed by atoms with E-state index in [2.05, 4.69) is 23.8 Å². The van der Waals surface area contributed by atoms with E-state index in [4.69, 9.17) is 33.1 Å². The van der Waals surface area contributed by atoms with Gasteiger partial charge in [0.05, 0.1) is 12.2 Å². The molecule has 1 heterocycles. The Morgan fingerprint density at radius 2 is 1.78 bits per heavy atom. The lowest BCUT2D eigenvalue weighted by Crippen LogP contribution is -2.17. The predicted octanol–water partition coefficient (Wildman–Crippen LogP) is 4.58. The summed E-state index contributed by atoms with van der Waals surface area (Å²) in [5.74, 6) is 0. The number of aromatic nitrogens is 2. The van der Waals surface area contributed by atoms with Gasteiger partial charge in [-0.15, -0.1) is 0 Å². The van der Waals surface area contributed by atoms with Crippen LogP contribution in [0.2, 0.25) is 10.0 Å². The van der Waals surface area contributed by atoms with Crippen LogP contribution in [-0.4, -0.2) is 36.1 Å². The molecule has 0 atom stereocenters. The highest BCUT2D eigenvalue weighted by molar-refractivity contribution is 6.34. The van der Waals surface area contributed by atoms with Crippen molar-refractivity contribution in [3.8, 4) is 0 Å². The number of rotatable bonds is 8. The van der Waals surface area contributed by atoms with Gasteiger partial charge in [0.25, 0.3) is 6.43 Å². The van der Waals surface area contributed by atoms with E-state index in [0.29, 0.717) is 10.0 Å². The van der Waals surface area contributed by atoms with E-state index < -0.39 is 12.7 Å². The van der Waals surface area contributed by atoms with Gasteiger partial charge in [-0.1, -0.05) is 37.0 Å². The van der Waals surface area contributed by atoms with Gasteiger partial charge in [0.15, 0.2) is 6.29 Å². The first-order valence-electron chi connectivity index (χ1n) is 8.76. The molecule has 1 N–H and O–H groups in total. The molecule has 1 aromatic heterocycles. The van der Waals surface area contributed by atoms with Crippen molar-refractivity contribution < 1.29 is 13.6 Å². The quantitative estimate of drug-likeness (QED) is 0.637. The summed E-state index contributed by atoms with van der Waals surface area (Å²) >= 11 is 12.2. The van der Waals surface area contributed by atoms with Crippen molar-refractivity contribution in [2.24, 2.45) is 0 Å². The lowest BCUT2D eigenvalue weighted by Gasteiger charge is -2.09. The number of hydrogen-bond acceptors (Lipinski definition) is 3. The highest BCUT2D eigenvalue weighted by Crippen LogP contribution is 2.25. The molecule has 0 aliphatic rings. The van der Waals surface area contributed by atoms with Crippen molar-refractivity contribution in [3.63, 3.8) is 0 Å². The minimum absolute atomic E-state index is 0.417. The monoisotopic (exact) mass is 419 g/mol. The molecule has 0 saturated carbocycles. The topological polar surface area (TPSA) is 46.9 Å². The Labute approximate surface area is 168 Å². The summed E-state index contributed by atoms with van der Waals surface area (Å²) in [7, 11) is 1.96. The summed E-state index contributed by atoms with van der Waals surface area (Å²) in [6.07, 6.45) is -0.481. The van der Waals surface area contributed by atoms with Gasteiger partial charge >= 0.3 is 0 Å². The summed E-state index contributed by atoms with van der Waals surface area (Å²) in [6.45, 7) is 6.14. The number of nitrogens with zero attached hydrogens (tertiary/aromatic N) is 2. The standard InChI is InChI=1S/C17H23Cl2N3.C2H2F2O/c1-4-16-15(10-12-8-13(18)11-14(19)9-12)17(5-2)22(21-16)7-6-20-3;3-2(4)1-5/h8-9,11,20H,4-7,10H2,1-3H3;1-2H. The maximum Gasteiger partial charge on any atom is 0.293 e. The van der Waals surface area contributed by atoms with Gasteiger partial charge in [-0.05, 0) is 43.7 Å². The number of carbonyl (C=O) groups is 1. The van der Waals surface area contributed by atoms with Crippen molar-refractivity contribution in [2.45, 2.75) is 46.1 Å². The maximum atomic E-state index is 10.4. The van der Waals surface area contributed by atoms with Crippen molar-refractivity contribution in [3.05, 3.63) is 50.8 Å². The zero-order valence-electron chi connectivity index (χ0n) is 15.7. The molecule has 0 amide bonds. The second-order valence-corrected chi connectivity index (χ2v) is 6.70. The summed E-state index contributed by atoms with van der Waals surface area (Å²) in [5, 5.41) is 9.34. The Hall–Kier alpha value is -1.50. The zero-order valence-corrected chi connectivity index (χ0v) is 17.2. The fourth-order valence-corrected chi connectivity index (χ4v) is 3.36. The molecule has 0 saturated heterocycles. The number of aldehydes is 1. The van der Waals surface area contributed by atoms with Crippen LogP contribution in [0.3, 0.4) is 0 Å². The van der Waals surface area contributed by atoms with Gasteiger partial charge < -0.3 is 5.32 Å². The number of likely N-dealkylation sites (N-methyl/N-ethyl adjacent to an activating group) is 1. The van der Waals surface area contributed by atoms with Gasteiger partial charge in [0, 0.05) is 34.3 Å². The number of benzene rings is 1.